The van der Waals surface area contributed by atoms with Gasteiger partial charge in [-0.05, 0) is 102 Å². The van der Waals surface area contributed by atoms with Gasteiger partial charge in [0, 0.05) is 47.0 Å². The number of hydrogen-bond acceptors (Lipinski definition) is 25. The van der Waals surface area contributed by atoms with E-state index in [1.807, 2.05) is 19.2 Å². The Hall–Kier alpha value is -9.29. The molecular formula is C70H123N17O24. The maximum atomic E-state index is 15.2. The maximum Gasteiger partial charge on any atom is 0.329 e. The summed E-state index contributed by atoms with van der Waals surface area (Å²) in [7, 11) is 2.87. The third kappa shape index (κ3) is 30.7. The van der Waals surface area contributed by atoms with Crippen LogP contribution in [0.4, 0.5) is 0 Å². The zero-order valence-corrected chi connectivity index (χ0v) is 66.7. The van der Waals surface area contributed by atoms with Crippen molar-refractivity contribution < 1.29 is 117 Å². The number of hydrogen-bond donors (Lipinski definition) is 20. The minimum Gasteiger partial charge on any atom is -0.458 e. The van der Waals surface area contributed by atoms with Crippen LogP contribution in [0.5, 0.6) is 0 Å². The third-order valence-corrected chi connectivity index (χ3v) is 19.4. The molecule has 1 saturated heterocycles. The molecule has 0 aromatic heterocycles. The zero-order valence-electron chi connectivity index (χ0n) is 66.7. The Kier molecular flexibility index (Phi) is 41.2. The standard InChI is InChI=1S/C70H123N17O24/c1-19-31(6)27-32(7)50(91)35(10)58(97)79-41(28-76-38(13)89)60(99)85-54(70(14,15)109)51(92)52(93)66(105)80-45(33(8)34(9)55(73)94)62(101)82-47-37(12)111-69(108)43(26-30(4)5)87(17)68(107)49(56(74)95)84-65(104)48(53(110-18)57(75)96)83-61(100)42(22-23-44(72)90)86(16)67(106)40(25-29(2)3)78-59(98)39(21-20-24-71)77-63(102)46(36(11)88)81-64(47)103/h29-37,39-43,45-54,88,91-93,109H,19-28,71H2,1-18H3,(H2,72,90)(H2,73,94)(H2,74,95)(H2,75,96)(H,76,89)(H,77,102)(H,78,98)(H,79,97)(H,80,105)(H,81,103)(H,82,101)(H,83,100)(H,84,104)(H,85,99)/t31?,32?,33-,34+,35+,36+,37+,39+,40-,41+,42-,43-,45-,46+,47+,48?,49+,50+,51+,52?,53?,54-/m0/s1. The first-order valence-electron chi connectivity index (χ1n) is 36.8. The second-order valence-corrected chi connectivity index (χ2v) is 30.1. The molecule has 0 aromatic carbocycles. The number of carbonyl (C=O) groups excluding carboxylic acids is 17. The number of cyclic esters (lactones) is 1. The summed E-state index contributed by atoms with van der Waals surface area (Å²) in [6.07, 6.45) is -13.6. The molecule has 0 radical (unpaired) electrons. The van der Waals surface area contributed by atoms with E-state index in [4.69, 9.17) is 38.1 Å². The van der Waals surface area contributed by atoms with Gasteiger partial charge in [0.25, 0.3) is 11.8 Å². The smallest absolute Gasteiger partial charge is 0.329 e. The van der Waals surface area contributed by atoms with E-state index < -0.39 is 270 Å². The van der Waals surface area contributed by atoms with Crippen molar-refractivity contribution in [2.75, 3.05) is 34.3 Å². The fraction of sp³-hybridized carbons (Fsp3) is 0.757. The van der Waals surface area contributed by atoms with Crippen LogP contribution in [0, 0.1) is 41.4 Å². The lowest BCUT2D eigenvalue weighted by atomic mass is 9.85. The molecule has 0 saturated carbocycles. The largest absolute Gasteiger partial charge is 0.458 e. The van der Waals surface area contributed by atoms with Crippen LogP contribution in [-0.4, -0.2) is 279 Å². The van der Waals surface area contributed by atoms with E-state index >= 15 is 9.59 Å². The number of primary amides is 4. The van der Waals surface area contributed by atoms with Crippen molar-refractivity contribution in [3.8, 4) is 0 Å². The molecule has 1 aliphatic rings. The van der Waals surface area contributed by atoms with Crippen LogP contribution < -0.4 is 81.8 Å². The van der Waals surface area contributed by atoms with E-state index in [2.05, 4.69) is 47.9 Å². The SMILES string of the molecule is CCC(C)CC(C)[C@@H](O)[C@@H](C)C(=O)N[C@H](CNC(C)=O)C(=O)N[C@@H]([C@H](O)C(O)C(=O)N[C@H](C(=O)N[C@H]1C(=O)N[C@H]([C@@H](C)O)C(=O)N[C@H](CCCN)C(=O)N[C@@H](CC(C)C)C(=O)N(C)[C@@H](CCC(N)=O)C(=O)NC(C(OC)C(N)=O)C(=O)N[C@H](C(N)=O)C(=O)N(C)[C@@H](CC(C)C)C(=O)O[C@@H]1C)[C@@H](C)[C@@H](C)C(N)=O)C(C)(C)O. The van der Waals surface area contributed by atoms with Gasteiger partial charge in [0.05, 0.1) is 29.8 Å². The Labute approximate surface area is 646 Å². The number of nitrogens with one attached hydrogen (secondary N) is 10. The Morgan fingerprint density at radius 2 is 1.18 bits per heavy atom. The van der Waals surface area contributed by atoms with Crippen molar-refractivity contribution in [3.05, 3.63) is 0 Å². The molecule has 16 amide bonds. The minimum absolute atomic E-state index is 0.0230. The van der Waals surface area contributed by atoms with Gasteiger partial charge in [-0.2, -0.15) is 0 Å². The summed E-state index contributed by atoms with van der Waals surface area (Å²) in [4.78, 5) is 240. The van der Waals surface area contributed by atoms with E-state index in [-0.39, 0.29) is 31.7 Å². The molecular weight excluding hydrogens is 1460 g/mol. The number of nitrogens with two attached hydrogens (primary N) is 5. The van der Waals surface area contributed by atoms with E-state index in [0.717, 1.165) is 67.1 Å². The molecule has 111 heavy (non-hydrogen) atoms. The maximum absolute atomic E-state index is 15.2. The first-order valence-corrected chi connectivity index (χ1v) is 36.8. The number of esters is 1. The average molecular weight is 1590 g/mol. The van der Waals surface area contributed by atoms with Crippen LogP contribution in [0.15, 0.2) is 0 Å². The number of rotatable bonds is 36. The normalized spacial score (nSPS) is 24.1. The van der Waals surface area contributed by atoms with Crippen LogP contribution in [0.25, 0.3) is 0 Å². The quantitative estimate of drug-likeness (QED) is 0.0205. The van der Waals surface area contributed by atoms with Crippen molar-refractivity contribution in [3.63, 3.8) is 0 Å². The van der Waals surface area contributed by atoms with E-state index in [1.54, 1.807) is 34.6 Å². The van der Waals surface area contributed by atoms with E-state index in [0.29, 0.717) is 11.3 Å². The fourth-order valence-electron chi connectivity index (χ4n) is 12.1. The lowest BCUT2D eigenvalue weighted by Crippen LogP contribution is -2.66. The highest BCUT2D eigenvalue weighted by atomic mass is 16.5. The molecule has 25 N–H and O–H groups in total. The molecule has 0 aliphatic carbocycles. The second-order valence-electron chi connectivity index (χ2n) is 30.1. The van der Waals surface area contributed by atoms with Gasteiger partial charge in [0.15, 0.2) is 18.2 Å². The van der Waals surface area contributed by atoms with Gasteiger partial charge in [-0.25, -0.2) is 4.79 Å². The highest BCUT2D eigenvalue weighted by Gasteiger charge is 2.48. The summed E-state index contributed by atoms with van der Waals surface area (Å²) >= 11 is 0. The van der Waals surface area contributed by atoms with Crippen molar-refractivity contribution in [1.29, 1.82) is 0 Å². The van der Waals surface area contributed by atoms with Crippen molar-refractivity contribution in [2.24, 2.45) is 70.1 Å². The predicted molar refractivity (Wildman–Crippen MR) is 395 cm³/mol. The minimum atomic E-state index is -2.80. The summed E-state index contributed by atoms with van der Waals surface area (Å²) in [5.74, 6) is -27.4. The predicted octanol–water partition coefficient (Wildman–Crippen LogP) is -8.13. The van der Waals surface area contributed by atoms with Crippen LogP contribution in [0.3, 0.4) is 0 Å². The second kappa shape index (κ2) is 45.9. The number of amides is 16. The Morgan fingerprint density at radius 1 is 0.631 bits per heavy atom. The summed E-state index contributed by atoms with van der Waals surface area (Å²) in [5, 5.41) is 80.5. The van der Waals surface area contributed by atoms with Crippen LogP contribution in [-0.2, 0) is 91.0 Å². The van der Waals surface area contributed by atoms with Gasteiger partial charge >= 0.3 is 5.97 Å². The molecule has 1 fully saturated rings. The molecule has 22 atom stereocenters. The van der Waals surface area contributed by atoms with Crippen molar-refractivity contribution in [2.45, 2.75) is 264 Å². The topological polar surface area (TPSA) is 667 Å². The Morgan fingerprint density at radius 3 is 1.67 bits per heavy atom. The number of methoxy groups -OCH3 is 1. The van der Waals surface area contributed by atoms with Crippen molar-refractivity contribution >= 4 is 100 Å². The lowest BCUT2D eigenvalue weighted by Gasteiger charge is -2.37. The highest BCUT2D eigenvalue weighted by Crippen LogP contribution is 2.25. The molecule has 0 spiro atoms. The number of carbonyl (C=O) groups is 17. The molecule has 0 bridgehead atoms. The summed E-state index contributed by atoms with van der Waals surface area (Å²) in [6.45, 7) is 20.2. The number of nitrogens with zero attached hydrogens (tertiary/aromatic N) is 2. The molecule has 41 heteroatoms. The summed E-state index contributed by atoms with van der Waals surface area (Å²) in [5.41, 5.74) is 26.1. The molecule has 5 unspecified atom stereocenters. The van der Waals surface area contributed by atoms with Gasteiger partial charge in [0.2, 0.25) is 82.7 Å². The Balaban J connectivity index is 4.51. The number of likely N-dealkylation sites (N-methyl/N-ethyl adjacent to an activating group) is 2. The highest BCUT2D eigenvalue weighted by molar-refractivity contribution is 6.09. The first kappa shape index (κ1) is 99.7. The van der Waals surface area contributed by atoms with Crippen LogP contribution in [0.1, 0.15) is 155 Å². The average Bonchev–Trinajstić information content (AvgIpc) is 1.02. The number of ether oxygens (including phenoxy) is 2. The van der Waals surface area contributed by atoms with Gasteiger partial charge in [-0.15, -0.1) is 0 Å². The molecule has 1 heterocycles. The van der Waals surface area contributed by atoms with Crippen LogP contribution >= 0.6 is 0 Å². The fourth-order valence-corrected chi connectivity index (χ4v) is 12.1. The molecule has 1 aliphatic heterocycles. The molecule has 0 aromatic rings. The lowest BCUT2D eigenvalue weighted by molar-refractivity contribution is -0.163. The first-order chi connectivity index (χ1) is 51.2. The number of aliphatic hydroxyl groups is 5. The monoisotopic (exact) mass is 1590 g/mol. The molecule has 632 valence electrons. The van der Waals surface area contributed by atoms with Gasteiger partial charge in [-0.3, -0.25) is 76.7 Å². The van der Waals surface area contributed by atoms with E-state index in [1.165, 1.54) is 20.8 Å². The van der Waals surface area contributed by atoms with E-state index in [9.17, 15) is 97.5 Å². The summed E-state index contributed by atoms with van der Waals surface area (Å²) < 4.78 is 11.0. The Bertz CT molecular complexity index is 3270. The van der Waals surface area contributed by atoms with Crippen LogP contribution in [0.2, 0.25) is 0 Å². The number of aliphatic hydroxyl groups excluding tert-OH is 4. The molecule has 41 nitrogen and oxygen atoms in total. The zero-order chi connectivity index (χ0) is 85.9. The van der Waals surface area contributed by atoms with Gasteiger partial charge < -0.3 is 127 Å². The van der Waals surface area contributed by atoms with Crippen molar-refractivity contribution in [1.82, 2.24) is 63.0 Å². The summed E-state index contributed by atoms with van der Waals surface area (Å²) in [6, 6.07) is -22.5. The third-order valence-electron chi connectivity index (χ3n) is 19.4. The van der Waals surface area contributed by atoms with Gasteiger partial charge in [-0.1, -0.05) is 75.7 Å². The van der Waals surface area contributed by atoms with Gasteiger partial charge in [0.1, 0.15) is 66.6 Å². The molecule has 1 rings (SSSR count).